The largest absolute Gasteiger partial charge is 0.324 e. The van der Waals surface area contributed by atoms with E-state index >= 15 is 0 Å². The molecule has 0 aliphatic carbocycles. The number of amides is 1. The summed E-state index contributed by atoms with van der Waals surface area (Å²) in [6, 6.07) is 3.06. The molecule has 0 aromatic carbocycles. The van der Waals surface area contributed by atoms with E-state index in [1.807, 2.05) is 13.2 Å². The normalized spacial score (nSPS) is 10.9. The first-order valence-corrected chi connectivity index (χ1v) is 5.57. The van der Waals surface area contributed by atoms with Crippen molar-refractivity contribution in [2.24, 2.45) is 7.05 Å². The molecule has 0 aliphatic rings. The second kappa shape index (κ2) is 8.52. The van der Waals surface area contributed by atoms with Crippen molar-refractivity contribution in [2.75, 3.05) is 12.4 Å². The summed E-state index contributed by atoms with van der Waals surface area (Å²) in [5.41, 5.74) is 1.55. The first-order chi connectivity index (χ1) is 8.70. The van der Waals surface area contributed by atoms with Crippen molar-refractivity contribution in [3.8, 4) is 0 Å². The highest BCUT2D eigenvalue weighted by Crippen LogP contribution is 2.14. The molecular weight excluding hydrogens is 301 g/mol. The van der Waals surface area contributed by atoms with E-state index in [9.17, 15) is 4.79 Å². The van der Waals surface area contributed by atoms with Crippen LogP contribution in [-0.2, 0) is 11.8 Å². The van der Waals surface area contributed by atoms with E-state index in [0.717, 1.165) is 11.3 Å². The number of hydrogen-bond acceptors (Lipinski definition) is 4. The maximum Gasteiger partial charge on any atom is 0.246 e. The van der Waals surface area contributed by atoms with Gasteiger partial charge in [-0.1, -0.05) is 0 Å². The quantitative estimate of drug-likeness (QED) is 0.897. The van der Waals surface area contributed by atoms with Gasteiger partial charge in [0, 0.05) is 36.9 Å². The Morgan fingerprint density at radius 3 is 2.45 bits per heavy atom. The van der Waals surface area contributed by atoms with Gasteiger partial charge in [0.2, 0.25) is 5.91 Å². The zero-order valence-electron chi connectivity index (χ0n) is 11.1. The van der Waals surface area contributed by atoms with Gasteiger partial charge in [0.25, 0.3) is 0 Å². The summed E-state index contributed by atoms with van der Waals surface area (Å²) in [6.45, 7) is 0. The number of rotatable bonds is 4. The summed E-state index contributed by atoms with van der Waals surface area (Å²) in [5.74, 6) is -0.128. The Morgan fingerprint density at radius 1 is 1.30 bits per heavy atom. The van der Waals surface area contributed by atoms with Crippen LogP contribution < -0.4 is 10.6 Å². The van der Waals surface area contributed by atoms with E-state index < -0.39 is 6.04 Å². The molecule has 1 unspecified atom stereocenters. The molecule has 2 N–H and O–H groups in total. The SMILES string of the molecule is CNC(C(=O)Nc1ccncc1)c1cnn(C)c1.Cl.Cl. The van der Waals surface area contributed by atoms with Gasteiger partial charge < -0.3 is 10.6 Å². The van der Waals surface area contributed by atoms with Crippen LogP contribution in [0.25, 0.3) is 0 Å². The van der Waals surface area contributed by atoms with Gasteiger partial charge in [-0.25, -0.2) is 0 Å². The van der Waals surface area contributed by atoms with Gasteiger partial charge >= 0.3 is 0 Å². The number of anilines is 1. The highest BCUT2D eigenvalue weighted by molar-refractivity contribution is 5.95. The molecule has 6 nitrogen and oxygen atoms in total. The highest BCUT2D eigenvalue weighted by Gasteiger charge is 2.19. The number of carbonyl (C=O) groups excluding carboxylic acids is 1. The zero-order chi connectivity index (χ0) is 13.0. The van der Waals surface area contributed by atoms with Crippen molar-refractivity contribution in [3.63, 3.8) is 0 Å². The average molecular weight is 318 g/mol. The van der Waals surface area contributed by atoms with Crippen LogP contribution in [0.5, 0.6) is 0 Å². The molecular formula is C12H17Cl2N5O. The van der Waals surface area contributed by atoms with Crippen molar-refractivity contribution in [1.82, 2.24) is 20.1 Å². The predicted molar refractivity (Wildman–Crippen MR) is 82.4 cm³/mol. The van der Waals surface area contributed by atoms with Gasteiger partial charge in [-0.05, 0) is 19.2 Å². The van der Waals surface area contributed by atoms with Crippen LogP contribution in [0.2, 0.25) is 0 Å². The zero-order valence-corrected chi connectivity index (χ0v) is 12.7. The maximum absolute atomic E-state index is 12.1. The number of likely N-dealkylation sites (N-methyl/N-ethyl adjacent to an activating group) is 1. The summed E-state index contributed by atoms with van der Waals surface area (Å²) in [5, 5.41) is 9.85. The Labute approximate surface area is 129 Å². The molecule has 0 saturated heterocycles. The second-order valence-electron chi connectivity index (χ2n) is 3.89. The Balaban J connectivity index is 0.00000180. The van der Waals surface area contributed by atoms with Crippen LogP contribution in [0, 0.1) is 0 Å². The van der Waals surface area contributed by atoms with Crippen LogP contribution in [0.1, 0.15) is 11.6 Å². The lowest BCUT2D eigenvalue weighted by Crippen LogP contribution is -2.30. The number of carbonyl (C=O) groups is 1. The van der Waals surface area contributed by atoms with Gasteiger partial charge in [-0.2, -0.15) is 5.10 Å². The molecule has 0 aliphatic heterocycles. The third-order valence-electron chi connectivity index (χ3n) is 2.56. The lowest BCUT2D eigenvalue weighted by molar-refractivity contribution is -0.118. The van der Waals surface area contributed by atoms with Crippen molar-refractivity contribution in [3.05, 3.63) is 42.5 Å². The van der Waals surface area contributed by atoms with Crippen LogP contribution in [-0.4, -0.2) is 27.7 Å². The van der Waals surface area contributed by atoms with Crippen molar-refractivity contribution in [1.29, 1.82) is 0 Å². The van der Waals surface area contributed by atoms with E-state index in [1.165, 1.54) is 0 Å². The molecule has 20 heavy (non-hydrogen) atoms. The Morgan fingerprint density at radius 2 is 1.95 bits per heavy atom. The van der Waals surface area contributed by atoms with Gasteiger partial charge in [0.05, 0.1) is 6.20 Å². The molecule has 1 atom stereocenters. The fraction of sp³-hybridized carbons (Fsp3) is 0.250. The highest BCUT2D eigenvalue weighted by atomic mass is 35.5. The molecule has 0 saturated carbocycles. The summed E-state index contributed by atoms with van der Waals surface area (Å²) >= 11 is 0. The number of nitrogens with zero attached hydrogens (tertiary/aromatic N) is 3. The van der Waals surface area contributed by atoms with Crippen LogP contribution in [0.3, 0.4) is 0 Å². The minimum absolute atomic E-state index is 0. The summed E-state index contributed by atoms with van der Waals surface area (Å²) in [4.78, 5) is 16.0. The number of halogens is 2. The summed E-state index contributed by atoms with van der Waals surface area (Å²) < 4.78 is 1.67. The number of hydrogen-bond donors (Lipinski definition) is 2. The molecule has 0 fully saturated rings. The summed E-state index contributed by atoms with van der Waals surface area (Å²) in [7, 11) is 3.56. The van der Waals surface area contributed by atoms with Gasteiger partial charge in [0.15, 0.2) is 0 Å². The number of aryl methyl sites for hydroxylation is 1. The van der Waals surface area contributed by atoms with E-state index in [2.05, 4.69) is 20.7 Å². The Kier molecular flexibility index (Phi) is 7.83. The van der Waals surface area contributed by atoms with Gasteiger partial charge in [-0.15, -0.1) is 24.8 Å². The van der Waals surface area contributed by atoms with Crippen LogP contribution in [0.15, 0.2) is 36.9 Å². The third kappa shape index (κ3) is 4.48. The van der Waals surface area contributed by atoms with Gasteiger partial charge in [-0.3, -0.25) is 14.5 Å². The van der Waals surface area contributed by atoms with E-state index in [-0.39, 0.29) is 30.7 Å². The minimum Gasteiger partial charge on any atom is -0.324 e. The topological polar surface area (TPSA) is 71.8 Å². The maximum atomic E-state index is 12.1. The first kappa shape index (κ1) is 18.4. The van der Waals surface area contributed by atoms with E-state index in [1.54, 1.807) is 42.5 Å². The van der Waals surface area contributed by atoms with Crippen LogP contribution in [0.4, 0.5) is 5.69 Å². The van der Waals surface area contributed by atoms with E-state index in [4.69, 9.17) is 0 Å². The fourth-order valence-corrected chi connectivity index (χ4v) is 1.69. The second-order valence-corrected chi connectivity index (χ2v) is 3.89. The molecule has 2 aromatic rings. The molecule has 0 radical (unpaired) electrons. The molecule has 2 rings (SSSR count). The molecule has 2 aromatic heterocycles. The number of aromatic nitrogens is 3. The Hall–Kier alpha value is -1.63. The molecule has 0 spiro atoms. The monoisotopic (exact) mass is 317 g/mol. The number of nitrogens with one attached hydrogen (secondary N) is 2. The van der Waals surface area contributed by atoms with Crippen molar-refractivity contribution >= 4 is 36.4 Å². The molecule has 2 heterocycles. The molecule has 0 bridgehead atoms. The average Bonchev–Trinajstić information content (AvgIpc) is 2.78. The first-order valence-electron chi connectivity index (χ1n) is 5.57. The molecule has 8 heteroatoms. The van der Waals surface area contributed by atoms with Gasteiger partial charge in [0.1, 0.15) is 6.04 Å². The van der Waals surface area contributed by atoms with Crippen LogP contribution >= 0.6 is 24.8 Å². The van der Waals surface area contributed by atoms with E-state index in [0.29, 0.717) is 0 Å². The molecule has 110 valence electrons. The molecule has 1 amide bonds. The Bertz CT molecular complexity index is 532. The van der Waals surface area contributed by atoms with Crippen molar-refractivity contribution < 1.29 is 4.79 Å². The lowest BCUT2D eigenvalue weighted by atomic mass is 10.1. The number of pyridine rings is 1. The standard InChI is InChI=1S/C12H15N5O.2ClH/c1-13-11(9-7-15-17(2)8-9)12(18)16-10-3-5-14-6-4-10;;/h3-8,11,13H,1-2H3,(H,14,16,18);2*1H. The lowest BCUT2D eigenvalue weighted by Gasteiger charge is -2.14. The smallest absolute Gasteiger partial charge is 0.246 e. The fourth-order valence-electron chi connectivity index (χ4n) is 1.69. The minimum atomic E-state index is -0.424. The predicted octanol–water partition coefficient (Wildman–Crippen LogP) is 1.56. The summed E-state index contributed by atoms with van der Waals surface area (Å²) in [6.07, 6.45) is 6.75. The van der Waals surface area contributed by atoms with Crippen molar-refractivity contribution in [2.45, 2.75) is 6.04 Å². The third-order valence-corrected chi connectivity index (χ3v) is 2.56.